The smallest absolute Gasteiger partial charge is 0.325 e. The van der Waals surface area contributed by atoms with Crippen LogP contribution in [0.3, 0.4) is 0 Å². The highest BCUT2D eigenvalue weighted by atomic mass is 35.5. The normalized spacial score (nSPS) is 11.1. The number of aromatic nitrogens is 2. The second-order valence-corrected chi connectivity index (χ2v) is 3.86. The maximum atomic E-state index is 11.6. The van der Waals surface area contributed by atoms with Crippen molar-refractivity contribution < 1.29 is 41.7 Å². The molecule has 1 amide bonds. The summed E-state index contributed by atoms with van der Waals surface area (Å²) in [5.41, 5.74) is 0.208. The minimum Gasteiger partial charge on any atom is -1.00 e. The lowest BCUT2D eigenvalue weighted by Crippen LogP contribution is -3.00. The molecule has 0 saturated carbocycles. The number of carboxylic acid groups (broad SMARTS) is 2. The molecule has 0 saturated heterocycles. The molecule has 1 heterocycles. The Morgan fingerprint density at radius 1 is 1.40 bits per heavy atom. The van der Waals surface area contributed by atoms with Gasteiger partial charge >= 0.3 is 11.9 Å². The largest absolute Gasteiger partial charge is 1.00 e. The van der Waals surface area contributed by atoms with E-state index in [0.717, 1.165) is 0 Å². The third kappa shape index (κ3) is 5.61. The minimum atomic E-state index is -1.13. The van der Waals surface area contributed by atoms with Gasteiger partial charge in [-0.05, 0) is 12.0 Å². The van der Waals surface area contributed by atoms with E-state index in [4.69, 9.17) is 10.2 Å². The fraction of sp³-hybridized carbons (Fsp3) is 0.364. The number of halogens is 1. The van der Waals surface area contributed by atoms with Gasteiger partial charge < -0.3 is 27.9 Å². The average Bonchev–Trinajstić information content (AvgIpc) is 2.36. The summed E-state index contributed by atoms with van der Waals surface area (Å²) in [7, 11) is 0. The fourth-order valence-electron chi connectivity index (χ4n) is 1.20. The molecule has 110 valence electrons. The molecule has 1 aromatic rings. The van der Waals surface area contributed by atoms with Crippen LogP contribution in [0.5, 0.6) is 0 Å². The van der Waals surface area contributed by atoms with Crippen LogP contribution in [0.1, 0.15) is 23.7 Å². The van der Waals surface area contributed by atoms with Crippen molar-refractivity contribution in [3.8, 4) is 0 Å². The Balaban J connectivity index is 0.00000361. The Labute approximate surface area is 120 Å². The number of carbonyl (C=O) groups is 3. The summed E-state index contributed by atoms with van der Waals surface area (Å²) in [6.07, 6.45) is 2.65. The van der Waals surface area contributed by atoms with E-state index in [2.05, 4.69) is 10.4 Å². The van der Waals surface area contributed by atoms with Gasteiger partial charge in [-0.1, -0.05) is 4.68 Å². The highest BCUT2D eigenvalue weighted by Crippen LogP contribution is 1.95. The predicted octanol–water partition coefficient (Wildman–Crippen LogP) is -3.95. The molecule has 0 bridgehead atoms. The second kappa shape index (κ2) is 8.05. The summed E-state index contributed by atoms with van der Waals surface area (Å²) >= 11 is 0. The molecular formula is C11H14ClN3O5. The van der Waals surface area contributed by atoms with Crippen LogP contribution in [0, 0.1) is 0 Å². The number of nitrogens with zero attached hydrogens (tertiary/aromatic N) is 2. The first kappa shape index (κ1) is 17.8. The molecule has 1 rings (SSSR count). The number of rotatable bonds is 6. The van der Waals surface area contributed by atoms with E-state index in [9.17, 15) is 14.4 Å². The summed E-state index contributed by atoms with van der Waals surface area (Å²) in [5, 5.41) is 23.3. The number of hydrogen-bond acceptors (Lipinski definition) is 4. The summed E-state index contributed by atoms with van der Waals surface area (Å²) in [5.74, 6) is -2.62. The molecule has 0 fully saturated rings. The van der Waals surface area contributed by atoms with Gasteiger partial charge in [0.2, 0.25) is 0 Å². The van der Waals surface area contributed by atoms with E-state index in [1.807, 2.05) is 0 Å². The zero-order valence-corrected chi connectivity index (χ0v) is 11.4. The van der Waals surface area contributed by atoms with Crippen molar-refractivity contribution >= 4 is 17.8 Å². The highest BCUT2D eigenvalue weighted by molar-refractivity contribution is 5.96. The molecule has 8 nitrogen and oxygen atoms in total. The Morgan fingerprint density at radius 2 is 2.05 bits per heavy atom. The molecule has 0 aromatic carbocycles. The maximum absolute atomic E-state index is 11.6. The van der Waals surface area contributed by atoms with E-state index >= 15 is 0 Å². The van der Waals surface area contributed by atoms with Gasteiger partial charge in [0, 0.05) is 6.07 Å². The quantitative estimate of drug-likeness (QED) is 0.461. The van der Waals surface area contributed by atoms with E-state index in [0.29, 0.717) is 0 Å². The SMILES string of the molecule is CC(NC(=O)c1cc[n+](CCC(=O)O)nc1)C(=O)O.[Cl-]. The third-order valence-electron chi connectivity index (χ3n) is 2.31. The van der Waals surface area contributed by atoms with Gasteiger partial charge in [-0.15, -0.1) is 0 Å². The van der Waals surface area contributed by atoms with Crippen LogP contribution in [-0.4, -0.2) is 39.2 Å². The van der Waals surface area contributed by atoms with Crippen LogP contribution < -0.4 is 22.4 Å². The van der Waals surface area contributed by atoms with Crippen molar-refractivity contribution in [2.45, 2.75) is 25.9 Å². The van der Waals surface area contributed by atoms with Gasteiger partial charge in [0.05, 0.1) is 5.56 Å². The first-order chi connectivity index (χ1) is 8.90. The lowest BCUT2D eigenvalue weighted by molar-refractivity contribution is -0.753. The highest BCUT2D eigenvalue weighted by Gasteiger charge is 2.16. The number of carboxylic acids is 2. The van der Waals surface area contributed by atoms with Crippen LogP contribution in [0.4, 0.5) is 0 Å². The van der Waals surface area contributed by atoms with Crippen molar-refractivity contribution in [1.29, 1.82) is 0 Å². The zero-order valence-electron chi connectivity index (χ0n) is 10.6. The minimum absolute atomic E-state index is 0. The monoisotopic (exact) mass is 303 g/mol. The summed E-state index contributed by atoms with van der Waals surface area (Å²) in [6.45, 7) is 1.55. The Bertz CT molecular complexity index is 491. The number of aliphatic carboxylic acids is 2. The lowest BCUT2D eigenvalue weighted by Gasteiger charge is -2.07. The Kier molecular flexibility index (Phi) is 7.16. The predicted molar refractivity (Wildman–Crippen MR) is 61.2 cm³/mol. The summed E-state index contributed by atoms with van der Waals surface area (Å²) in [4.78, 5) is 32.6. The van der Waals surface area contributed by atoms with E-state index < -0.39 is 23.9 Å². The molecule has 1 atom stereocenters. The number of aryl methyl sites for hydroxylation is 1. The molecule has 0 aliphatic heterocycles. The van der Waals surface area contributed by atoms with Gasteiger partial charge in [0.25, 0.3) is 5.91 Å². The number of hydrogen-bond donors (Lipinski definition) is 3. The van der Waals surface area contributed by atoms with E-state index in [1.165, 1.54) is 30.1 Å². The molecule has 9 heteroatoms. The average molecular weight is 304 g/mol. The molecule has 1 aromatic heterocycles. The van der Waals surface area contributed by atoms with E-state index in [1.54, 1.807) is 0 Å². The van der Waals surface area contributed by atoms with Crippen molar-refractivity contribution in [2.75, 3.05) is 0 Å². The molecule has 0 radical (unpaired) electrons. The standard InChI is InChI=1S/C11H13N3O5.ClH/c1-7(11(18)19)13-10(17)8-2-4-14(12-6-8)5-3-9(15)16;/h2,4,6-7H,3,5H2,1H3,(H2-,13,15,16,17,18,19);1H. The molecule has 3 N–H and O–H groups in total. The van der Waals surface area contributed by atoms with Crippen molar-refractivity contribution in [1.82, 2.24) is 10.4 Å². The number of nitrogens with one attached hydrogen (secondary N) is 1. The summed E-state index contributed by atoms with van der Waals surface area (Å²) < 4.78 is 1.38. The molecule has 20 heavy (non-hydrogen) atoms. The van der Waals surface area contributed by atoms with Gasteiger partial charge in [-0.25, -0.2) is 0 Å². The van der Waals surface area contributed by atoms with Crippen LogP contribution in [0.2, 0.25) is 0 Å². The molecule has 0 aliphatic carbocycles. The molecule has 0 aliphatic rings. The van der Waals surface area contributed by atoms with Crippen LogP contribution in [0.25, 0.3) is 0 Å². The molecule has 0 spiro atoms. The van der Waals surface area contributed by atoms with Gasteiger partial charge in [0.1, 0.15) is 18.7 Å². The number of amides is 1. The van der Waals surface area contributed by atoms with E-state index in [-0.39, 0.29) is 30.9 Å². The molecular weight excluding hydrogens is 290 g/mol. The van der Waals surface area contributed by atoms with Crippen LogP contribution >= 0.6 is 0 Å². The van der Waals surface area contributed by atoms with Gasteiger partial charge in [0.15, 0.2) is 12.7 Å². The van der Waals surface area contributed by atoms with Crippen LogP contribution in [-0.2, 0) is 16.1 Å². The Hall–Kier alpha value is -2.22. The second-order valence-electron chi connectivity index (χ2n) is 3.86. The van der Waals surface area contributed by atoms with Gasteiger partial charge in [-0.3, -0.25) is 14.4 Å². The topological polar surface area (TPSA) is 120 Å². The van der Waals surface area contributed by atoms with Crippen molar-refractivity contribution in [2.24, 2.45) is 0 Å². The maximum Gasteiger partial charge on any atom is 0.325 e. The first-order valence-corrected chi connectivity index (χ1v) is 5.51. The molecule has 1 unspecified atom stereocenters. The third-order valence-corrected chi connectivity index (χ3v) is 2.31. The Morgan fingerprint density at radius 3 is 2.50 bits per heavy atom. The van der Waals surface area contributed by atoms with Crippen molar-refractivity contribution in [3.05, 3.63) is 24.0 Å². The van der Waals surface area contributed by atoms with Gasteiger partial charge in [-0.2, -0.15) is 0 Å². The first-order valence-electron chi connectivity index (χ1n) is 5.51. The van der Waals surface area contributed by atoms with Crippen LogP contribution in [0.15, 0.2) is 18.5 Å². The zero-order chi connectivity index (χ0) is 14.4. The summed E-state index contributed by atoms with van der Waals surface area (Å²) in [6, 6.07) is 0.450. The number of carbonyl (C=O) groups excluding carboxylic acids is 1. The lowest BCUT2D eigenvalue weighted by atomic mass is 10.2. The van der Waals surface area contributed by atoms with Crippen molar-refractivity contribution in [3.63, 3.8) is 0 Å². The fourth-order valence-corrected chi connectivity index (χ4v) is 1.20.